The molecule has 0 bridgehead atoms. The number of hydrogen-bond donors (Lipinski definition) is 1. The monoisotopic (exact) mass is 191 g/mol. The van der Waals surface area contributed by atoms with Crippen molar-refractivity contribution < 1.29 is 4.74 Å². The second-order valence-corrected chi connectivity index (χ2v) is 3.00. The first kappa shape index (κ1) is 10.5. The Balaban J connectivity index is 2.94. The summed E-state index contributed by atoms with van der Waals surface area (Å²) in [6, 6.07) is 5.37. The quantitative estimate of drug-likeness (QED) is 0.781. The van der Waals surface area contributed by atoms with Crippen LogP contribution in [0, 0.1) is 18.3 Å². The second kappa shape index (κ2) is 4.58. The van der Waals surface area contributed by atoms with E-state index < -0.39 is 0 Å². The van der Waals surface area contributed by atoms with Crippen molar-refractivity contribution in [3.8, 4) is 11.9 Å². The van der Waals surface area contributed by atoms with E-state index in [9.17, 15) is 0 Å². The van der Waals surface area contributed by atoms with Gasteiger partial charge in [-0.2, -0.15) is 5.26 Å². The fourth-order valence-electron chi connectivity index (χ4n) is 1.26. The minimum absolute atomic E-state index is 0.265. The Morgan fingerprint density at radius 1 is 1.64 bits per heavy atom. The third kappa shape index (κ3) is 2.21. The average Bonchev–Trinajstić information content (AvgIpc) is 2.17. The smallest absolute Gasteiger partial charge is 0.213 e. The highest BCUT2D eigenvalue weighted by atomic mass is 16.5. The number of rotatable bonds is 3. The Hall–Kier alpha value is -1.60. The number of nitrogens with zero attached hydrogens (tertiary/aromatic N) is 2. The van der Waals surface area contributed by atoms with E-state index in [0.29, 0.717) is 12.3 Å². The molecule has 0 radical (unpaired) electrons. The van der Waals surface area contributed by atoms with E-state index in [0.717, 1.165) is 11.3 Å². The van der Waals surface area contributed by atoms with E-state index in [2.05, 4.69) is 4.98 Å². The van der Waals surface area contributed by atoms with Gasteiger partial charge in [-0.05, 0) is 12.5 Å². The molecule has 74 valence electrons. The lowest BCUT2D eigenvalue weighted by molar-refractivity contribution is 0.396. The van der Waals surface area contributed by atoms with E-state index in [-0.39, 0.29) is 6.04 Å². The van der Waals surface area contributed by atoms with Crippen molar-refractivity contribution >= 4 is 0 Å². The standard InChI is InChI=1S/C10H13N3O/c1-7-8(9(12)5-6-11)3-4-10(13-7)14-2/h3-4,9H,5,12H2,1-2H3/t9-/m1/s1. The van der Waals surface area contributed by atoms with Crippen molar-refractivity contribution in [2.45, 2.75) is 19.4 Å². The van der Waals surface area contributed by atoms with E-state index in [1.54, 1.807) is 13.2 Å². The first-order chi connectivity index (χ1) is 6.69. The summed E-state index contributed by atoms with van der Waals surface area (Å²) in [5.74, 6) is 0.565. The summed E-state index contributed by atoms with van der Waals surface area (Å²) in [5.41, 5.74) is 7.50. The van der Waals surface area contributed by atoms with Gasteiger partial charge in [0.05, 0.1) is 19.6 Å². The minimum atomic E-state index is -0.265. The SMILES string of the molecule is COc1ccc([C@H](N)CC#N)c(C)n1. The summed E-state index contributed by atoms with van der Waals surface area (Å²) in [5, 5.41) is 8.51. The maximum absolute atomic E-state index is 8.51. The van der Waals surface area contributed by atoms with Crippen molar-refractivity contribution in [3.05, 3.63) is 23.4 Å². The Labute approximate surface area is 83.3 Å². The van der Waals surface area contributed by atoms with Gasteiger partial charge in [-0.1, -0.05) is 6.07 Å². The van der Waals surface area contributed by atoms with Gasteiger partial charge in [0, 0.05) is 17.8 Å². The normalized spacial score (nSPS) is 11.9. The molecule has 0 saturated heterocycles. The van der Waals surface area contributed by atoms with Gasteiger partial charge < -0.3 is 10.5 Å². The molecule has 0 fully saturated rings. The van der Waals surface area contributed by atoms with Crippen molar-refractivity contribution in [3.63, 3.8) is 0 Å². The van der Waals surface area contributed by atoms with Crippen LogP contribution in [-0.4, -0.2) is 12.1 Å². The molecule has 0 aromatic carbocycles. The van der Waals surface area contributed by atoms with Gasteiger partial charge in [0.25, 0.3) is 0 Å². The Kier molecular flexibility index (Phi) is 3.43. The zero-order valence-corrected chi connectivity index (χ0v) is 8.32. The lowest BCUT2D eigenvalue weighted by Crippen LogP contribution is -2.11. The first-order valence-electron chi connectivity index (χ1n) is 4.33. The number of aromatic nitrogens is 1. The second-order valence-electron chi connectivity index (χ2n) is 3.00. The van der Waals surface area contributed by atoms with Gasteiger partial charge in [-0.15, -0.1) is 0 Å². The molecule has 4 nitrogen and oxygen atoms in total. The summed E-state index contributed by atoms with van der Waals surface area (Å²) in [4.78, 5) is 4.18. The van der Waals surface area contributed by atoms with Crippen LogP contribution in [0.5, 0.6) is 5.88 Å². The predicted octanol–water partition coefficient (Wildman–Crippen LogP) is 1.31. The summed E-state index contributed by atoms with van der Waals surface area (Å²) in [6.45, 7) is 1.86. The van der Waals surface area contributed by atoms with Crippen LogP contribution in [0.25, 0.3) is 0 Å². The van der Waals surface area contributed by atoms with Gasteiger partial charge in [0.15, 0.2) is 0 Å². The molecule has 4 heteroatoms. The third-order valence-electron chi connectivity index (χ3n) is 2.02. The fourth-order valence-corrected chi connectivity index (χ4v) is 1.26. The van der Waals surface area contributed by atoms with Gasteiger partial charge >= 0.3 is 0 Å². The Bertz CT molecular complexity index is 357. The molecule has 1 heterocycles. The van der Waals surface area contributed by atoms with Gasteiger partial charge in [-0.25, -0.2) is 4.98 Å². The molecule has 1 aromatic heterocycles. The molecule has 0 amide bonds. The molecule has 0 aliphatic rings. The van der Waals surface area contributed by atoms with Crippen LogP contribution in [0.3, 0.4) is 0 Å². The van der Waals surface area contributed by atoms with Crippen LogP contribution in [-0.2, 0) is 0 Å². The molecule has 1 rings (SSSR count). The first-order valence-corrected chi connectivity index (χ1v) is 4.33. The van der Waals surface area contributed by atoms with E-state index in [4.69, 9.17) is 15.7 Å². The van der Waals surface area contributed by atoms with E-state index >= 15 is 0 Å². The van der Waals surface area contributed by atoms with Crippen LogP contribution in [0.4, 0.5) is 0 Å². The average molecular weight is 191 g/mol. The molecule has 0 unspecified atom stereocenters. The molecule has 0 aliphatic heterocycles. The summed E-state index contributed by atoms with van der Waals surface area (Å²) in [6.07, 6.45) is 0.300. The van der Waals surface area contributed by atoms with E-state index in [1.807, 2.05) is 19.1 Å². The van der Waals surface area contributed by atoms with Crippen molar-refractivity contribution in [2.24, 2.45) is 5.73 Å². The predicted molar refractivity (Wildman–Crippen MR) is 52.7 cm³/mol. The highest BCUT2D eigenvalue weighted by Crippen LogP contribution is 2.19. The summed E-state index contributed by atoms with van der Waals surface area (Å²) >= 11 is 0. The zero-order valence-electron chi connectivity index (χ0n) is 8.32. The molecular formula is C10H13N3O. The summed E-state index contributed by atoms with van der Waals surface area (Å²) < 4.78 is 4.97. The number of pyridine rings is 1. The molecule has 1 atom stereocenters. The molecule has 0 aliphatic carbocycles. The minimum Gasteiger partial charge on any atom is -0.481 e. The maximum Gasteiger partial charge on any atom is 0.213 e. The number of aryl methyl sites for hydroxylation is 1. The van der Waals surface area contributed by atoms with Gasteiger partial charge in [-0.3, -0.25) is 0 Å². The number of hydrogen-bond acceptors (Lipinski definition) is 4. The van der Waals surface area contributed by atoms with Gasteiger partial charge in [0.1, 0.15) is 0 Å². The number of ether oxygens (including phenoxy) is 1. The molecular weight excluding hydrogens is 178 g/mol. The Morgan fingerprint density at radius 3 is 2.86 bits per heavy atom. The highest BCUT2D eigenvalue weighted by Gasteiger charge is 2.09. The third-order valence-corrected chi connectivity index (χ3v) is 2.02. The molecule has 0 spiro atoms. The molecule has 1 aromatic rings. The van der Waals surface area contributed by atoms with E-state index in [1.165, 1.54) is 0 Å². The number of nitriles is 1. The topological polar surface area (TPSA) is 71.9 Å². The lowest BCUT2D eigenvalue weighted by atomic mass is 10.0. The molecule has 14 heavy (non-hydrogen) atoms. The van der Waals surface area contributed by atoms with Crippen LogP contribution in [0.1, 0.15) is 23.7 Å². The largest absolute Gasteiger partial charge is 0.481 e. The lowest BCUT2D eigenvalue weighted by Gasteiger charge is -2.11. The highest BCUT2D eigenvalue weighted by molar-refractivity contribution is 5.28. The zero-order chi connectivity index (χ0) is 10.6. The summed E-state index contributed by atoms with van der Waals surface area (Å²) in [7, 11) is 1.57. The van der Waals surface area contributed by atoms with Crippen LogP contribution >= 0.6 is 0 Å². The van der Waals surface area contributed by atoms with Crippen LogP contribution in [0.2, 0.25) is 0 Å². The van der Waals surface area contributed by atoms with Crippen molar-refractivity contribution in [1.29, 1.82) is 5.26 Å². The molecule has 0 saturated carbocycles. The Morgan fingerprint density at radius 2 is 2.36 bits per heavy atom. The van der Waals surface area contributed by atoms with Crippen LogP contribution in [0.15, 0.2) is 12.1 Å². The molecule has 2 N–H and O–H groups in total. The number of methoxy groups -OCH3 is 1. The van der Waals surface area contributed by atoms with Crippen LogP contribution < -0.4 is 10.5 Å². The van der Waals surface area contributed by atoms with Crippen molar-refractivity contribution in [2.75, 3.05) is 7.11 Å². The van der Waals surface area contributed by atoms with Crippen molar-refractivity contribution in [1.82, 2.24) is 4.98 Å². The fraction of sp³-hybridized carbons (Fsp3) is 0.400. The van der Waals surface area contributed by atoms with Gasteiger partial charge in [0.2, 0.25) is 5.88 Å². The number of nitrogens with two attached hydrogens (primary N) is 1. The maximum atomic E-state index is 8.51.